The third-order valence-electron chi connectivity index (χ3n) is 5.03. The molecule has 0 saturated carbocycles. The van der Waals surface area contributed by atoms with Gasteiger partial charge in [-0.25, -0.2) is 18.1 Å². The minimum Gasteiger partial charge on any atom is -0.404 e. The lowest BCUT2D eigenvalue weighted by Crippen LogP contribution is -2.52. The molecule has 5 atom stereocenters. The number of alkyl halides is 2. The standard InChI is InChI=1S/C17H16F3N2O9P/c18-9-5-22(16(26)21-13(9)25)14-11(23)12(24)17(30-14,15(19)20)7-29-32(27)28-6-8-3-1-2-4-10(8)31-32/h1-5,11-12,14-15,23-24H,6-7H2,(H,21,25,26)/t11-,12-,14+,17+,32?/m0/s1. The van der Waals surface area contributed by atoms with Gasteiger partial charge in [-0.15, -0.1) is 0 Å². The van der Waals surface area contributed by atoms with Crippen LogP contribution in [0.5, 0.6) is 5.75 Å². The van der Waals surface area contributed by atoms with Gasteiger partial charge in [0.2, 0.25) is 5.82 Å². The van der Waals surface area contributed by atoms with Crippen molar-refractivity contribution in [2.45, 2.75) is 37.1 Å². The quantitative estimate of drug-likeness (QED) is 0.525. The van der Waals surface area contributed by atoms with Crippen LogP contribution < -0.4 is 15.8 Å². The minimum absolute atomic E-state index is 0.134. The Morgan fingerprint density at radius 3 is 2.75 bits per heavy atom. The maximum atomic E-state index is 14.0. The van der Waals surface area contributed by atoms with Gasteiger partial charge in [-0.05, 0) is 6.07 Å². The number of aromatic amines is 1. The number of phosphoric acid groups is 1. The molecular weight excluding hydrogens is 464 g/mol. The highest BCUT2D eigenvalue weighted by molar-refractivity contribution is 7.49. The second-order valence-corrected chi connectivity index (χ2v) is 8.63. The molecule has 0 aliphatic carbocycles. The van der Waals surface area contributed by atoms with E-state index in [2.05, 4.69) is 0 Å². The van der Waals surface area contributed by atoms with E-state index < -0.39 is 62.0 Å². The molecule has 15 heteroatoms. The van der Waals surface area contributed by atoms with Gasteiger partial charge < -0.3 is 19.5 Å². The molecule has 0 spiro atoms. The monoisotopic (exact) mass is 480 g/mol. The van der Waals surface area contributed by atoms with Crippen molar-refractivity contribution < 1.29 is 46.3 Å². The molecule has 2 aliphatic heterocycles. The van der Waals surface area contributed by atoms with E-state index in [1.165, 1.54) is 6.07 Å². The number of aromatic nitrogens is 2. The number of halogens is 3. The summed E-state index contributed by atoms with van der Waals surface area (Å²) in [4.78, 5) is 24.7. The van der Waals surface area contributed by atoms with Gasteiger partial charge in [0.15, 0.2) is 11.8 Å². The van der Waals surface area contributed by atoms with E-state index >= 15 is 0 Å². The van der Waals surface area contributed by atoms with E-state index in [1.807, 2.05) is 0 Å². The summed E-state index contributed by atoms with van der Waals surface area (Å²) in [7, 11) is -4.42. The zero-order valence-electron chi connectivity index (χ0n) is 15.9. The summed E-state index contributed by atoms with van der Waals surface area (Å²) >= 11 is 0. The smallest absolute Gasteiger partial charge is 0.404 e. The van der Waals surface area contributed by atoms with Crippen molar-refractivity contribution in [1.29, 1.82) is 0 Å². The number of benzene rings is 1. The molecule has 0 radical (unpaired) electrons. The van der Waals surface area contributed by atoms with E-state index in [0.29, 0.717) is 16.3 Å². The number of phosphoric ester groups is 1. The molecule has 1 unspecified atom stereocenters. The van der Waals surface area contributed by atoms with Crippen molar-refractivity contribution in [3.05, 3.63) is 62.7 Å². The van der Waals surface area contributed by atoms with Crippen LogP contribution in [0.25, 0.3) is 0 Å². The second-order valence-electron chi connectivity index (χ2n) is 7.04. The third-order valence-corrected chi connectivity index (χ3v) is 6.34. The fourth-order valence-corrected chi connectivity index (χ4v) is 4.55. The number of para-hydroxylation sites is 1. The molecule has 3 N–H and O–H groups in total. The van der Waals surface area contributed by atoms with E-state index in [1.54, 1.807) is 23.2 Å². The first-order valence-electron chi connectivity index (χ1n) is 9.06. The number of aliphatic hydroxyl groups is 2. The number of H-pyrrole nitrogens is 1. The summed E-state index contributed by atoms with van der Waals surface area (Å²) < 4.78 is 74.8. The van der Waals surface area contributed by atoms with Crippen LogP contribution in [0, 0.1) is 5.82 Å². The van der Waals surface area contributed by atoms with E-state index in [0.717, 1.165) is 0 Å². The second kappa shape index (κ2) is 8.14. The molecule has 1 aromatic heterocycles. The van der Waals surface area contributed by atoms with Crippen LogP contribution in [0.15, 0.2) is 40.1 Å². The predicted molar refractivity (Wildman–Crippen MR) is 97.6 cm³/mol. The predicted octanol–water partition coefficient (Wildman–Crippen LogP) is 0.664. The van der Waals surface area contributed by atoms with Crippen molar-refractivity contribution in [2.24, 2.45) is 0 Å². The summed E-state index contributed by atoms with van der Waals surface area (Å²) in [5, 5.41) is 20.6. The topological polar surface area (TPSA) is 149 Å². The number of aliphatic hydroxyl groups excluding tert-OH is 2. The number of nitrogens with one attached hydrogen (secondary N) is 1. The van der Waals surface area contributed by atoms with Gasteiger partial charge in [0.25, 0.3) is 12.0 Å². The lowest BCUT2D eigenvalue weighted by molar-refractivity contribution is -0.194. The number of ether oxygens (including phenoxy) is 1. The highest BCUT2D eigenvalue weighted by Crippen LogP contribution is 2.56. The molecule has 1 aromatic carbocycles. The van der Waals surface area contributed by atoms with Gasteiger partial charge in [-0.3, -0.25) is 23.4 Å². The first-order chi connectivity index (χ1) is 15.1. The normalized spacial score (nSPS) is 32.0. The Balaban J connectivity index is 1.60. The van der Waals surface area contributed by atoms with Crippen LogP contribution in [0.4, 0.5) is 13.2 Å². The molecule has 0 amide bonds. The van der Waals surface area contributed by atoms with Crippen LogP contribution in [-0.4, -0.2) is 50.6 Å². The average Bonchev–Trinajstić information content (AvgIpc) is 3.01. The summed E-state index contributed by atoms with van der Waals surface area (Å²) in [5.41, 5.74) is -5.15. The molecule has 1 fully saturated rings. The van der Waals surface area contributed by atoms with Crippen molar-refractivity contribution in [2.75, 3.05) is 6.61 Å². The summed E-state index contributed by atoms with van der Waals surface area (Å²) in [6.45, 7) is -1.50. The molecule has 2 aromatic rings. The van der Waals surface area contributed by atoms with Gasteiger partial charge in [0.05, 0.1) is 19.4 Å². The average molecular weight is 480 g/mol. The van der Waals surface area contributed by atoms with Crippen LogP contribution in [0.3, 0.4) is 0 Å². The fourth-order valence-electron chi connectivity index (χ4n) is 3.29. The first-order valence-corrected chi connectivity index (χ1v) is 10.5. The zero-order valence-corrected chi connectivity index (χ0v) is 16.8. The van der Waals surface area contributed by atoms with Crippen LogP contribution in [0.2, 0.25) is 0 Å². The Kier molecular flexibility index (Phi) is 5.77. The van der Waals surface area contributed by atoms with Gasteiger partial charge >= 0.3 is 13.5 Å². The van der Waals surface area contributed by atoms with Gasteiger partial charge in [0, 0.05) is 5.56 Å². The third kappa shape index (κ3) is 3.78. The largest absolute Gasteiger partial charge is 0.530 e. The highest BCUT2D eigenvalue weighted by atomic mass is 31.2. The Bertz CT molecular complexity index is 1190. The summed E-state index contributed by atoms with van der Waals surface area (Å²) in [5.74, 6) is -1.33. The maximum Gasteiger partial charge on any atom is 0.530 e. The van der Waals surface area contributed by atoms with Crippen molar-refractivity contribution in [3.8, 4) is 5.75 Å². The lowest BCUT2D eigenvalue weighted by Gasteiger charge is -2.32. The number of fused-ring (bicyclic) bond motifs is 1. The number of hydrogen-bond acceptors (Lipinski definition) is 9. The van der Waals surface area contributed by atoms with Gasteiger partial charge in [-0.2, -0.15) is 4.39 Å². The van der Waals surface area contributed by atoms with Crippen LogP contribution in [-0.2, 0) is 25.0 Å². The Morgan fingerprint density at radius 2 is 2.03 bits per heavy atom. The first kappa shape index (κ1) is 22.7. The Labute approximate surface area is 176 Å². The maximum absolute atomic E-state index is 14.0. The number of nitrogens with zero attached hydrogens (tertiary/aromatic N) is 1. The lowest BCUT2D eigenvalue weighted by atomic mass is 9.96. The molecule has 3 heterocycles. The summed E-state index contributed by atoms with van der Waals surface area (Å²) in [6, 6.07) is 6.31. The SMILES string of the molecule is O=c1[nH]c(=O)n([C@@H]2O[C@@](COP3(=O)OCc4ccccc4O3)(C(F)F)[C@@H](O)[C@@H]2O)cc1F. The molecule has 4 rings (SSSR count). The Hall–Kier alpha value is -2.48. The molecular formula is C17H16F3N2O9P. The number of hydrogen-bond donors (Lipinski definition) is 3. The summed E-state index contributed by atoms with van der Waals surface area (Å²) in [6.07, 6.45) is -9.79. The minimum atomic E-state index is -4.42. The highest BCUT2D eigenvalue weighted by Gasteiger charge is 2.62. The van der Waals surface area contributed by atoms with Gasteiger partial charge in [-0.1, -0.05) is 18.2 Å². The van der Waals surface area contributed by atoms with Gasteiger partial charge in [0.1, 0.15) is 18.0 Å². The van der Waals surface area contributed by atoms with Crippen molar-refractivity contribution in [1.82, 2.24) is 9.55 Å². The molecule has 32 heavy (non-hydrogen) atoms. The van der Waals surface area contributed by atoms with E-state index in [4.69, 9.17) is 18.3 Å². The van der Waals surface area contributed by atoms with E-state index in [-0.39, 0.29) is 12.4 Å². The van der Waals surface area contributed by atoms with E-state index in [9.17, 15) is 37.5 Å². The Morgan fingerprint density at radius 1 is 1.31 bits per heavy atom. The fraction of sp³-hybridized carbons (Fsp3) is 0.412. The zero-order chi connectivity index (χ0) is 23.3. The van der Waals surface area contributed by atoms with Crippen LogP contribution in [0.1, 0.15) is 11.8 Å². The molecule has 1 saturated heterocycles. The molecule has 174 valence electrons. The molecule has 0 bridgehead atoms. The molecule has 2 aliphatic rings. The number of rotatable bonds is 5. The van der Waals surface area contributed by atoms with Crippen molar-refractivity contribution in [3.63, 3.8) is 0 Å². The van der Waals surface area contributed by atoms with Crippen molar-refractivity contribution >= 4 is 7.82 Å². The molecule has 11 nitrogen and oxygen atoms in total. The van der Waals surface area contributed by atoms with Crippen LogP contribution >= 0.6 is 7.82 Å².